The van der Waals surface area contributed by atoms with E-state index in [9.17, 15) is 4.79 Å². The molecule has 0 aliphatic carbocycles. The molecule has 0 saturated carbocycles. The fourth-order valence-electron chi connectivity index (χ4n) is 2.36. The third kappa shape index (κ3) is 2.34. The molecule has 0 spiro atoms. The molecule has 23 heavy (non-hydrogen) atoms. The molecule has 4 heterocycles. The van der Waals surface area contributed by atoms with Crippen molar-refractivity contribution in [2.75, 3.05) is 0 Å². The number of thioether (sulfide) groups is 1. The number of fused-ring (bicyclic) bond motifs is 3. The molecule has 0 radical (unpaired) electrons. The highest BCUT2D eigenvalue weighted by molar-refractivity contribution is 7.98. The Hall–Kier alpha value is -1.90. The molecule has 0 fully saturated rings. The van der Waals surface area contributed by atoms with E-state index in [0.717, 1.165) is 16.4 Å². The van der Waals surface area contributed by atoms with Gasteiger partial charge in [0.15, 0.2) is 0 Å². The van der Waals surface area contributed by atoms with E-state index in [4.69, 9.17) is 11.6 Å². The van der Waals surface area contributed by atoms with E-state index >= 15 is 0 Å². The number of nitrogens with zero attached hydrogens (tertiary/aromatic N) is 5. The predicted octanol–water partition coefficient (Wildman–Crippen LogP) is 2.98. The second kappa shape index (κ2) is 5.63. The summed E-state index contributed by atoms with van der Waals surface area (Å²) in [4.78, 5) is 16.6. The van der Waals surface area contributed by atoms with Gasteiger partial charge in [-0.05, 0) is 23.6 Å². The van der Waals surface area contributed by atoms with Gasteiger partial charge in [-0.2, -0.15) is 0 Å². The van der Waals surface area contributed by atoms with Crippen LogP contribution in [0.2, 0.25) is 5.02 Å². The van der Waals surface area contributed by atoms with Crippen molar-refractivity contribution >= 4 is 50.7 Å². The highest BCUT2D eigenvalue weighted by Crippen LogP contribution is 2.28. The van der Waals surface area contributed by atoms with Gasteiger partial charge in [0.1, 0.15) is 15.6 Å². The zero-order chi connectivity index (χ0) is 16.0. The average molecular weight is 364 g/mol. The Balaban J connectivity index is 1.82. The first kappa shape index (κ1) is 14.7. The summed E-state index contributed by atoms with van der Waals surface area (Å²) in [5, 5.41) is 11.7. The van der Waals surface area contributed by atoms with Crippen molar-refractivity contribution in [3.63, 3.8) is 0 Å². The van der Waals surface area contributed by atoms with Crippen molar-refractivity contribution in [3.05, 3.63) is 51.0 Å². The van der Waals surface area contributed by atoms with E-state index in [1.165, 1.54) is 27.7 Å². The zero-order valence-corrected chi connectivity index (χ0v) is 14.3. The molecule has 0 bridgehead atoms. The second-order valence-electron chi connectivity index (χ2n) is 4.83. The summed E-state index contributed by atoms with van der Waals surface area (Å²) in [6, 6.07) is 5.52. The number of aryl methyl sites for hydroxylation is 1. The average Bonchev–Trinajstić information content (AvgIpc) is 3.18. The van der Waals surface area contributed by atoms with E-state index in [2.05, 4.69) is 15.2 Å². The Kier molecular flexibility index (Phi) is 3.59. The SMILES string of the molecule is Cn1c(=O)c2sccc2n2c(CSc3ncccc3Cl)nnc12. The van der Waals surface area contributed by atoms with Crippen LogP contribution < -0.4 is 5.56 Å². The van der Waals surface area contributed by atoms with Crippen LogP contribution in [0.25, 0.3) is 16.0 Å². The maximum atomic E-state index is 12.3. The lowest BCUT2D eigenvalue weighted by molar-refractivity contribution is 0.860. The summed E-state index contributed by atoms with van der Waals surface area (Å²) in [6.07, 6.45) is 1.71. The summed E-state index contributed by atoms with van der Waals surface area (Å²) in [6.45, 7) is 0. The zero-order valence-electron chi connectivity index (χ0n) is 11.9. The monoisotopic (exact) mass is 363 g/mol. The van der Waals surface area contributed by atoms with Gasteiger partial charge in [0.2, 0.25) is 5.78 Å². The van der Waals surface area contributed by atoms with Gasteiger partial charge in [-0.15, -0.1) is 21.5 Å². The molecule has 0 unspecified atom stereocenters. The van der Waals surface area contributed by atoms with Crippen molar-refractivity contribution in [2.45, 2.75) is 10.8 Å². The van der Waals surface area contributed by atoms with Gasteiger partial charge in [0.05, 0.1) is 16.3 Å². The molecule has 116 valence electrons. The molecule has 0 aliphatic rings. The summed E-state index contributed by atoms with van der Waals surface area (Å²) in [5.41, 5.74) is 0.780. The normalized spacial score (nSPS) is 11.6. The quantitative estimate of drug-likeness (QED) is 0.523. The maximum absolute atomic E-state index is 12.3. The number of thiophene rings is 1. The predicted molar refractivity (Wildman–Crippen MR) is 92.4 cm³/mol. The molecule has 0 atom stereocenters. The van der Waals surface area contributed by atoms with E-state index in [1.54, 1.807) is 25.4 Å². The molecule has 9 heteroatoms. The van der Waals surface area contributed by atoms with Crippen molar-refractivity contribution in [3.8, 4) is 0 Å². The summed E-state index contributed by atoms with van der Waals surface area (Å²) in [5.74, 6) is 1.84. The van der Waals surface area contributed by atoms with E-state index in [1.807, 2.05) is 15.8 Å². The van der Waals surface area contributed by atoms with Crippen LogP contribution in [0.3, 0.4) is 0 Å². The van der Waals surface area contributed by atoms with Crippen LogP contribution in [0.1, 0.15) is 5.82 Å². The number of aromatic nitrogens is 5. The first-order valence-corrected chi connectivity index (χ1v) is 8.94. The molecular formula is C14H10ClN5OS2. The molecule has 4 aromatic heterocycles. The third-order valence-corrected chi connectivity index (χ3v) is 5.77. The van der Waals surface area contributed by atoms with Crippen molar-refractivity contribution in [1.29, 1.82) is 0 Å². The van der Waals surface area contributed by atoms with Crippen LogP contribution in [0.5, 0.6) is 0 Å². The van der Waals surface area contributed by atoms with Gasteiger partial charge >= 0.3 is 0 Å². The summed E-state index contributed by atoms with van der Waals surface area (Å²) >= 11 is 9.05. The van der Waals surface area contributed by atoms with Crippen LogP contribution >= 0.6 is 34.7 Å². The van der Waals surface area contributed by atoms with Crippen LogP contribution in [-0.4, -0.2) is 24.1 Å². The first-order chi connectivity index (χ1) is 11.2. The van der Waals surface area contributed by atoms with E-state index < -0.39 is 0 Å². The lowest BCUT2D eigenvalue weighted by atomic mass is 10.4. The molecule has 0 N–H and O–H groups in total. The molecule has 0 aliphatic heterocycles. The van der Waals surface area contributed by atoms with Crippen LogP contribution in [0, 0.1) is 0 Å². The Morgan fingerprint density at radius 2 is 2.22 bits per heavy atom. The topological polar surface area (TPSA) is 65.1 Å². The Bertz CT molecular complexity index is 1080. The van der Waals surface area contributed by atoms with Gasteiger partial charge < -0.3 is 0 Å². The summed E-state index contributed by atoms with van der Waals surface area (Å²) < 4.78 is 4.13. The van der Waals surface area contributed by atoms with Gasteiger partial charge in [-0.1, -0.05) is 23.4 Å². The van der Waals surface area contributed by atoms with Crippen LogP contribution in [-0.2, 0) is 12.8 Å². The van der Waals surface area contributed by atoms with Crippen LogP contribution in [0.15, 0.2) is 39.6 Å². The molecular weight excluding hydrogens is 354 g/mol. The fourth-order valence-corrected chi connectivity index (χ4v) is 4.29. The third-order valence-electron chi connectivity index (χ3n) is 3.46. The lowest BCUT2D eigenvalue weighted by Gasteiger charge is -2.05. The number of halogens is 1. The molecule has 4 rings (SSSR count). The highest BCUT2D eigenvalue weighted by Gasteiger charge is 2.16. The number of rotatable bonds is 3. The maximum Gasteiger partial charge on any atom is 0.272 e. The molecule has 6 nitrogen and oxygen atoms in total. The smallest absolute Gasteiger partial charge is 0.272 e. The number of hydrogen-bond acceptors (Lipinski definition) is 6. The fraction of sp³-hybridized carbons (Fsp3) is 0.143. The number of pyridine rings is 1. The molecule has 4 aromatic rings. The van der Waals surface area contributed by atoms with Crippen molar-refractivity contribution in [2.24, 2.45) is 7.05 Å². The largest absolute Gasteiger partial charge is 0.279 e. The minimum atomic E-state index is -0.0538. The van der Waals surface area contributed by atoms with Gasteiger partial charge in [0, 0.05) is 13.2 Å². The Morgan fingerprint density at radius 3 is 3.04 bits per heavy atom. The van der Waals surface area contributed by atoms with E-state index in [-0.39, 0.29) is 5.56 Å². The van der Waals surface area contributed by atoms with Crippen LogP contribution in [0.4, 0.5) is 0 Å². The van der Waals surface area contributed by atoms with Crippen molar-refractivity contribution < 1.29 is 0 Å². The minimum Gasteiger partial charge on any atom is -0.279 e. The second-order valence-corrected chi connectivity index (χ2v) is 7.12. The summed E-state index contributed by atoms with van der Waals surface area (Å²) in [7, 11) is 1.71. The molecule has 0 amide bonds. The Labute approximate surface area is 143 Å². The van der Waals surface area contributed by atoms with Gasteiger partial charge in [0.25, 0.3) is 5.56 Å². The van der Waals surface area contributed by atoms with Gasteiger partial charge in [-0.3, -0.25) is 13.8 Å². The first-order valence-electron chi connectivity index (χ1n) is 6.70. The Morgan fingerprint density at radius 1 is 1.35 bits per heavy atom. The van der Waals surface area contributed by atoms with Crippen molar-refractivity contribution in [1.82, 2.24) is 24.1 Å². The van der Waals surface area contributed by atoms with E-state index in [0.29, 0.717) is 21.3 Å². The molecule has 0 saturated heterocycles. The lowest BCUT2D eigenvalue weighted by Crippen LogP contribution is -2.19. The number of hydrogen-bond donors (Lipinski definition) is 0. The standard InChI is InChI=1S/C14H10ClN5OS2/c1-19-13(21)11-9(4-6-22-11)20-10(17-18-14(19)20)7-23-12-8(15)3-2-5-16-12/h2-6H,7H2,1H3. The van der Waals surface area contributed by atoms with Gasteiger partial charge in [-0.25, -0.2) is 4.98 Å². The molecule has 0 aromatic carbocycles. The highest BCUT2D eigenvalue weighted by atomic mass is 35.5. The minimum absolute atomic E-state index is 0.0538.